The van der Waals surface area contributed by atoms with Crippen molar-refractivity contribution in [3.8, 4) is 0 Å². The lowest BCUT2D eigenvalue weighted by molar-refractivity contribution is -0.148. The van der Waals surface area contributed by atoms with Crippen molar-refractivity contribution in [1.82, 2.24) is 30.1 Å². The summed E-state index contributed by atoms with van der Waals surface area (Å²) in [4.78, 5) is 75.3. The fourth-order valence-corrected chi connectivity index (χ4v) is 10.2. The first kappa shape index (κ1) is 54.9. The highest BCUT2D eigenvalue weighted by Gasteiger charge is 2.43. The number of methoxy groups -OCH3 is 2. The molecule has 3 rings (SSSR count). The van der Waals surface area contributed by atoms with Crippen LogP contribution < -0.4 is 21.1 Å². The third kappa shape index (κ3) is 15.3. The van der Waals surface area contributed by atoms with E-state index in [9.17, 15) is 32.4 Å². The first-order chi connectivity index (χ1) is 30.6. The van der Waals surface area contributed by atoms with Gasteiger partial charge in [0.15, 0.2) is 0 Å². The minimum atomic E-state index is -4.16. The number of nitrogens with one attached hydrogen (secondary N) is 3. The summed E-state index contributed by atoms with van der Waals surface area (Å²) in [6.45, 7) is 14.1. The molecule has 0 aliphatic carbocycles. The maximum absolute atomic E-state index is 14.4. The van der Waals surface area contributed by atoms with Crippen molar-refractivity contribution in [2.45, 2.75) is 135 Å². The Balaban J connectivity index is 1.82. The molecule has 0 saturated carbocycles. The van der Waals surface area contributed by atoms with Crippen LogP contribution in [0.2, 0.25) is 0 Å². The number of nitrogens with two attached hydrogens (primary N) is 1. The number of rotatable bonds is 25. The fourth-order valence-electron chi connectivity index (χ4n) is 9.02. The number of carbonyl (C=O) groups is 5. The number of nitrogens with zero attached hydrogens (tertiary/aromatic N) is 3. The van der Waals surface area contributed by atoms with Crippen molar-refractivity contribution in [3.63, 3.8) is 0 Å². The van der Waals surface area contributed by atoms with Crippen LogP contribution in [-0.4, -0.2) is 137 Å². The number of likely N-dealkylation sites (tertiary alicyclic amines) is 1. The van der Waals surface area contributed by atoms with Gasteiger partial charge in [0.2, 0.25) is 33.7 Å². The summed E-state index contributed by atoms with van der Waals surface area (Å²) < 4.78 is 40.6. The largest absolute Gasteiger partial charge is 0.379 e. The van der Waals surface area contributed by atoms with Crippen LogP contribution in [0.3, 0.4) is 0 Å². The molecule has 2 aromatic carbocycles. The molecule has 1 aliphatic rings. The van der Waals surface area contributed by atoms with Crippen LogP contribution in [0.25, 0.3) is 0 Å². The molecule has 1 saturated heterocycles. The van der Waals surface area contributed by atoms with Crippen LogP contribution in [0.15, 0.2) is 54.6 Å². The van der Waals surface area contributed by atoms with E-state index in [4.69, 9.17) is 15.2 Å². The molecule has 5 N–H and O–H groups in total. The van der Waals surface area contributed by atoms with Crippen LogP contribution in [-0.2, 0) is 62.2 Å². The van der Waals surface area contributed by atoms with E-state index in [0.29, 0.717) is 43.5 Å². The second-order valence-electron chi connectivity index (χ2n) is 18.5. The Labute approximate surface area is 388 Å². The third-order valence-corrected chi connectivity index (χ3v) is 14.0. The van der Waals surface area contributed by atoms with Crippen LogP contribution >= 0.6 is 0 Å². The second-order valence-corrected chi connectivity index (χ2v) is 20.2. The van der Waals surface area contributed by atoms with E-state index in [1.165, 1.54) is 14.2 Å². The average molecular weight is 928 g/mol. The zero-order valence-corrected chi connectivity index (χ0v) is 41.5. The first-order valence-corrected chi connectivity index (χ1v) is 24.5. The number of sulfonamides is 1. The summed E-state index contributed by atoms with van der Waals surface area (Å²) in [7, 11) is 4.21. The summed E-state index contributed by atoms with van der Waals surface area (Å²) in [6.07, 6.45) is 0.354. The Bertz CT molecular complexity index is 1960. The molecule has 1 aliphatic heterocycles. The van der Waals surface area contributed by atoms with Crippen LogP contribution in [0.1, 0.15) is 90.8 Å². The van der Waals surface area contributed by atoms with E-state index < -0.39 is 75.9 Å². The highest BCUT2D eigenvalue weighted by molar-refractivity contribution is 7.89. The molecular formula is C48H77N7O9S. The number of benzene rings is 2. The molecule has 0 spiro atoms. The van der Waals surface area contributed by atoms with E-state index in [1.54, 1.807) is 72.3 Å². The van der Waals surface area contributed by atoms with Gasteiger partial charge < -0.3 is 35.6 Å². The number of hydrogen-bond donors (Lipinski definition) is 4. The van der Waals surface area contributed by atoms with Crippen molar-refractivity contribution < 1.29 is 41.9 Å². The Morgan fingerprint density at radius 2 is 1.43 bits per heavy atom. The van der Waals surface area contributed by atoms with Gasteiger partial charge in [0.25, 0.3) is 5.91 Å². The van der Waals surface area contributed by atoms with Crippen molar-refractivity contribution >= 4 is 39.6 Å². The lowest BCUT2D eigenvalue weighted by Crippen LogP contribution is -2.59. The number of ether oxygens (including phenoxy) is 2. The Morgan fingerprint density at radius 1 is 0.815 bits per heavy atom. The summed E-state index contributed by atoms with van der Waals surface area (Å²) in [5.74, 6) is -3.80. The molecule has 1 heterocycles. The maximum atomic E-state index is 14.4. The monoisotopic (exact) mass is 928 g/mol. The van der Waals surface area contributed by atoms with E-state index in [1.807, 2.05) is 66.6 Å². The molecule has 1 fully saturated rings. The van der Waals surface area contributed by atoms with Crippen molar-refractivity contribution in [3.05, 3.63) is 71.3 Å². The molecule has 1 unspecified atom stereocenters. The van der Waals surface area contributed by atoms with Gasteiger partial charge in [-0.2, -0.15) is 0 Å². The standard InChI is InChI=1S/C48H77N7O9S/c1-13-32(6)43(54(10)48(60)41(30(2)3)51-47(59)42(31(4)5)53(8)9)39(63-11)27-40(56)55-25-17-20-38(55)44(64-12)33(7)45(57)50-37(26-34-18-15-14-16-19-34)46(58)52-65(61,62)29-36-23-21-35(28-49)22-24-36/h14-16,18-19,21-24,30-33,37-39,41-44H,13,17,20,25-29,49H2,1-12H3,(H,50,57)(H,51,59)(H,52,58)/t32-,33+,37-,38-,39+,41-,42?,43-,44+/m0/s1. The minimum absolute atomic E-state index is 0.0121. The first-order valence-electron chi connectivity index (χ1n) is 22.9. The fraction of sp³-hybridized carbons (Fsp3) is 0.646. The van der Waals surface area contributed by atoms with Gasteiger partial charge in [-0.05, 0) is 61.4 Å². The normalized spacial score (nSPS) is 18.0. The molecule has 2 aromatic rings. The van der Waals surface area contributed by atoms with Gasteiger partial charge in [0.05, 0.1) is 48.4 Å². The van der Waals surface area contributed by atoms with E-state index in [2.05, 4.69) is 15.4 Å². The quantitative estimate of drug-likeness (QED) is 0.113. The molecule has 0 bridgehead atoms. The number of amides is 5. The molecular weight excluding hydrogens is 851 g/mol. The number of hydrogen-bond acceptors (Lipinski definition) is 11. The molecule has 364 valence electrons. The molecule has 17 heteroatoms. The topological polar surface area (TPSA) is 210 Å². The smallest absolute Gasteiger partial charge is 0.256 e. The second kappa shape index (κ2) is 25.5. The Morgan fingerprint density at radius 3 is 1.95 bits per heavy atom. The molecule has 65 heavy (non-hydrogen) atoms. The van der Waals surface area contributed by atoms with E-state index in [0.717, 1.165) is 5.56 Å². The number of likely N-dealkylation sites (N-methyl/N-ethyl adjacent to an activating group) is 2. The van der Waals surface area contributed by atoms with Gasteiger partial charge in [0.1, 0.15) is 12.1 Å². The molecule has 16 nitrogen and oxygen atoms in total. The van der Waals surface area contributed by atoms with Gasteiger partial charge in [0, 0.05) is 40.8 Å². The lowest BCUT2D eigenvalue weighted by atomic mass is 9.89. The summed E-state index contributed by atoms with van der Waals surface area (Å²) in [5, 5.41) is 5.82. The summed E-state index contributed by atoms with van der Waals surface area (Å²) in [6, 6.07) is 12.1. The highest BCUT2D eigenvalue weighted by atomic mass is 32.2. The van der Waals surface area contributed by atoms with Gasteiger partial charge in [-0.1, -0.05) is 109 Å². The summed E-state index contributed by atoms with van der Waals surface area (Å²) >= 11 is 0. The van der Waals surface area contributed by atoms with Crippen molar-refractivity contribution in [2.24, 2.45) is 29.4 Å². The Kier molecular flexibility index (Phi) is 21.5. The van der Waals surface area contributed by atoms with Crippen molar-refractivity contribution in [2.75, 3.05) is 41.9 Å². The van der Waals surface area contributed by atoms with Crippen LogP contribution in [0.4, 0.5) is 0 Å². The van der Waals surface area contributed by atoms with Gasteiger partial charge in [-0.15, -0.1) is 0 Å². The summed E-state index contributed by atoms with van der Waals surface area (Å²) in [5.41, 5.74) is 7.68. The van der Waals surface area contributed by atoms with Gasteiger partial charge >= 0.3 is 0 Å². The third-order valence-electron chi connectivity index (χ3n) is 12.7. The zero-order chi connectivity index (χ0) is 48.8. The molecule has 0 radical (unpaired) electrons. The van der Waals surface area contributed by atoms with Crippen LogP contribution in [0.5, 0.6) is 0 Å². The van der Waals surface area contributed by atoms with Crippen molar-refractivity contribution in [1.29, 1.82) is 0 Å². The highest BCUT2D eigenvalue weighted by Crippen LogP contribution is 2.30. The zero-order valence-electron chi connectivity index (χ0n) is 40.7. The van der Waals surface area contributed by atoms with Gasteiger partial charge in [-0.3, -0.25) is 33.6 Å². The maximum Gasteiger partial charge on any atom is 0.256 e. The minimum Gasteiger partial charge on any atom is -0.379 e. The molecule has 5 amide bonds. The predicted octanol–water partition coefficient (Wildman–Crippen LogP) is 3.47. The van der Waals surface area contributed by atoms with E-state index >= 15 is 0 Å². The SMILES string of the molecule is CC[C@H](C)[C@@H]([C@@H](CC(=O)N1CCC[C@H]1[C@H](OC)[C@@H](C)C(=O)N[C@@H](Cc1ccccc1)C(=O)NS(=O)(=O)Cc1ccc(CN)cc1)OC)N(C)C(=O)[C@@H](NC(=O)C(C(C)C)N(C)C)C(C)C. The van der Waals surface area contributed by atoms with Gasteiger partial charge in [-0.25, -0.2) is 8.42 Å². The molecule has 0 aromatic heterocycles. The Hall–Kier alpha value is -4.42. The lowest BCUT2D eigenvalue weighted by Gasteiger charge is -2.41. The number of carbonyl (C=O) groups excluding carboxylic acids is 5. The molecule has 9 atom stereocenters. The van der Waals surface area contributed by atoms with E-state index in [-0.39, 0.29) is 48.3 Å². The average Bonchev–Trinajstić information content (AvgIpc) is 3.74. The van der Waals surface area contributed by atoms with Crippen LogP contribution in [0, 0.1) is 23.7 Å². The predicted molar refractivity (Wildman–Crippen MR) is 252 cm³/mol.